The summed E-state index contributed by atoms with van der Waals surface area (Å²) in [5, 5.41) is 0. The van der Waals surface area contributed by atoms with E-state index in [0.29, 0.717) is 17.5 Å². The SMILES string of the molecule is CCCN1CC2CCc3cc(NS(=O)(=O)c4ccc(OC(F)F)cc4)ccc3C2C1.Cl. The van der Waals surface area contributed by atoms with Gasteiger partial charge in [-0.1, -0.05) is 13.0 Å². The first-order valence-electron chi connectivity index (χ1n) is 10.3. The number of alkyl halides is 2. The number of sulfonamides is 1. The summed E-state index contributed by atoms with van der Waals surface area (Å²) in [7, 11) is -3.82. The Morgan fingerprint density at radius 2 is 1.90 bits per heavy atom. The zero-order chi connectivity index (χ0) is 21.3. The third kappa shape index (κ3) is 5.30. The number of nitrogens with one attached hydrogen (secondary N) is 1. The number of ether oxygens (including phenoxy) is 1. The van der Waals surface area contributed by atoms with E-state index in [1.807, 2.05) is 12.1 Å². The fourth-order valence-electron chi connectivity index (χ4n) is 4.71. The van der Waals surface area contributed by atoms with Crippen LogP contribution in [0.25, 0.3) is 0 Å². The van der Waals surface area contributed by atoms with Gasteiger partial charge in [0.2, 0.25) is 0 Å². The zero-order valence-electron chi connectivity index (χ0n) is 17.3. The Hall–Kier alpha value is -1.90. The average molecular weight is 473 g/mol. The maximum Gasteiger partial charge on any atom is 0.387 e. The van der Waals surface area contributed by atoms with Crippen molar-refractivity contribution in [2.24, 2.45) is 5.92 Å². The Morgan fingerprint density at radius 1 is 1.16 bits per heavy atom. The van der Waals surface area contributed by atoms with E-state index in [2.05, 4.69) is 27.3 Å². The van der Waals surface area contributed by atoms with E-state index < -0.39 is 16.6 Å². The largest absolute Gasteiger partial charge is 0.435 e. The average Bonchev–Trinajstić information content (AvgIpc) is 3.11. The Labute approximate surface area is 188 Å². The lowest BCUT2D eigenvalue weighted by Gasteiger charge is -2.28. The molecule has 0 aromatic heterocycles. The van der Waals surface area contributed by atoms with Crippen LogP contribution >= 0.6 is 12.4 Å². The van der Waals surface area contributed by atoms with Crippen molar-refractivity contribution in [1.82, 2.24) is 4.90 Å². The molecule has 1 aliphatic carbocycles. The van der Waals surface area contributed by atoms with Crippen LogP contribution in [-0.2, 0) is 16.4 Å². The van der Waals surface area contributed by atoms with Crippen LogP contribution in [0.3, 0.4) is 0 Å². The molecule has 0 spiro atoms. The summed E-state index contributed by atoms with van der Waals surface area (Å²) < 4.78 is 56.8. The molecule has 0 radical (unpaired) electrons. The second-order valence-electron chi connectivity index (χ2n) is 8.03. The van der Waals surface area contributed by atoms with Crippen molar-refractivity contribution >= 4 is 28.1 Å². The summed E-state index contributed by atoms with van der Waals surface area (Å²) in [5.41, 5.74) is 3.06. The van der Waals surface area contributed by atoms with Gasteiger partial charge in [0.25, 0.3) is 10.0 Å². The lowest BCUT2D eigenvalue weighted by molar-refractivity contribution is -0.0498. The number of rotatable bonds is 7. The predicted molar refractivity (Wildman–Crippen MR) is 119 cm³/mol. The van der Waals surface area contributed by atoms with Gasteiger partial charge < -0.3 is 9.64 Å². The molecule has 2 aromatic carbocycles. The van der Waals surface area contributed by atoms with Crippen LogP contribution in [0.15, 0.2) is 47.4 Å². The van der Waals surface area contributed by atoms with Crippen LogP contribution < -0.4 is 9.46 Å². The highest BCUT2D eigenvalue weighted by atomic mass is 35.5. The highest BCUT2D eigenvalue weighted by Gasteiger charge is 2.37. The van der Waals surface area contributed by atoms with Gasteiger partial charge in [0.05, 0.1) is 4.90 Å². The number of halogens is 3. The molecular weight excluding hydrogens is 446 g/mol. The molecular formula is C22H27ClF2N2O3S. The Bertz CT molecular complexity index is 1000. The molecule has 170 valence electrons. The predicted octanol–water partition coefficient (Wildman–Crippen LogP) is 4.88. The number of fused-ring (bicyclic) bond motifs is 3. The number of benzene rings is 2. The van der Waals surface area contributed by atoms with Crippen LogP contribution in [0.2, 0.25) is 0 Å². The summed E-state index contributed by atoms with van der Waals surface area (Å²) in [6, 6.07) is 10.7. The first-order chi connectivity index (χ1) is 14.4. The smallest absolute Gasteiger partial charge is 0.387 e. The molecule has 1 fully saturated rings. The van der Waals surface area contributed by atoms with Crippen LogP contribution in [0.4, 0.5) is 14.5 Å². The van der Waals surface area contributed by atoms with Gasteiger partial charge in [0.1, 0.15) is 5.75 Å². The molecule has 1 N–H and O–H groups in total. The lowest BCUT2D eigenvalue weighted by atomic mass is 9.77. The monoisotopic (exact) mass is 472 g/mol. The molecule has 0 amide bonds. The van der Waals surface area contributed by atoms with Crippen molar-refractivity contribution < 1.29 is 21.9 Å². The van der Waals surface area contributed by atoms with Crippen LogP contribution in [0.1, 0.15) is 36.8 Å². The van der Waals surface area contributed by atoms with E-state index in [0.717, 1.165) is 38.9 Å². The fraction of sp³-hybridized carbons (Fsp3) is 0.455. The minimum Gasteiger partial charge on any atom is -0.435 e. The minimum atomic E-state index is -3.82. The Morgan fingerprint density at radius 3 is 2.58 bits per heavy atom. The zero-order valence-corrected chi connectivity index (χ0v) is 18.9. The second-order valence-corrected chi connectivity index (χ2v) is 9.72. The molecule has 4 rings (SSSR count). The number of likely N-dealkylation sites (tertiary alicyclic amines) is 1. The number of hydrogen-bond donors (Lipinski definition) is 1. The minimum absolute atomic E-state index is 0. The van der Waals surface area contributed by atoms with Crippen molar-refractivity contribution in [1.29, 1.82) is 0 Å². The molecule has 31 heavy (non-hydrogen) atoms. The van der Waals surface area contributed by atoms with Crippen molar-refractivity contribution in [2.45, 2.75) is 43.6 Å². The standard InChI is InChI=1S/C22H26F2N2O3S.ClH/c1-2-11-26-13-16-4-3-15-12-17(5-10-20(15)21(16)14-26)25-30(27,28)19-8-6-18(7-9-19)29-22(23)24;/h5-10,12,16,21-22,25H,2-4,11,13-14H2,1H3;1H. The van der Waals surface area contributed by atoms with E-state index in [1.165, 1.54) is 35.4 Å². The number of aryl methyl sites for hydroxylation is 1. The molecule has 2 unspecified atom stereocenters. The lowest BCUT2D eigenvalue weighted by Crippen LogP contribution is -2.21. The van der Waals surface area contributed by atoms with E-state index in [4.69, 9.17) is 0 Å². The first kappa shape index (κ1) is 23.8. The van der Waals surface area contributed by atoms with E-state index in [-0.39, 0.29) is 23.1 Å². The summed E-state index contributed by atoms with van der Waals surface area (Å²) in [6.45, 7) is 2.60. The quantitative estimate of drug-likeness (QED) is 0.623. The van der Waals surface area contributed by atoms with Crippen LogP contribution in [0, 0.1) is 5.92 Å². The number of anilines is 1. The molecule has 2 aromatic rings. The molecule has 2 atom stereocenters. The van der Waals surface area contributed by atoms with Gasteiger partial charge in [-0.3, -0.25) is 4.72 Å². The van der Waals surface area contributed by atoms with Gasteiger partial charge in [0.15, 0.2) is 0 Å². The van der Waals surface area contributed by atoms with Crippen LogP contribution in [0.5, 0.6) is 5.75 Å². The molecule has 1 saturated heterocycles. The van der Waals surface area contributed by atoms with E-state index in [9.17, 15) is 17.2 Å². The maximum atomic E-state index is 12.7. The Kier molecular flexibility index (Phi) is 7.44. The van der Waals surface area contributed by atoms with Crippen molar-refractivity contribution in [3.63, 3.8) is 0 Å². The van der Waals surface area contributed by atoms with Gasteiger partial charge in [0, 0.05) is 24.7 Å². The van der Waals surface area contributed by atoms with Crippen molar-refractivity contribution in [3.05, 3.63) is 53.6 Å². The molecule has 1 aliphatic heterocycles. The Balaban J connectivity index is 0.00000272. The second kappa shape index (κ2) is 9.71. The van der Waals surface area contributed by atoms with Crippen LogP contribution in [-0.4, -0.2) is 39.6 Å². The third-order valence-corrected chi connectivity index (χ3v) is 7.39. The molecule has 9 heteroatoms. The number of hydrogen-bond acceptors (Lipinski definition) is 4. The highest BCUT2D eigenvalue weighted by Crippen LogP contribution is 2.42. The van der Waals surface area contributed by atoms with Gasteiger partial charge in [-0.25, -0.2) is 8.42 Å². The van der Waals surface area contributed by atoms with E-state index >= 15 is 0 Å². The topological polar surface area (TPSA) is 58.6 Å². The highest BCUT2D eigenvalue weighted by molar-refractivity contribution is 7.92. The third-order valence-electron chi connectivity index (χ3n) is 5.99. The van der Waals surface area contributed by atoms with Crippen molar-refractivity contribution in [3.8, 4) is 5.75 Å². The molecule has 5 nitrogen and oxygen atoms in total. The van der Waals surface area contributed by atoms with E-state index in [1.54, 1.807) is 0 Å². The molecule has 2 aliphatic rings. The summed E-state index contributed by atoms with van der Waals surface area (Å²) in [5.74, 6) is 1.12. The molecule has 0 bridgehead atoms. The normalized spacial score (nSPS) is 20.6. The van der Waals surface area contributed by atoms with Gasteiger partial charge in [-0.05, 0) is 79.3 Å². The summed E-state index contributed by atoms with van der Waals surface area (Å²) in [4.78, 5) is 2.52. The summed E-state index contributed by atoms with van der Waals surface area (Å²) in [6.07, 6.45) is 3.23. The molecule has 0 saturated carbocycles. The van der Waals surface area contributed by atoms with Gasteiger partial charge in [-0.15, -0.1) is 12.4 Å². The molecule has 1 heterocycles. The fourth-order valence-corrected chi connectivity index (χ4v) is 5.76. The maximum absolute atomic E-state index is 12.7. The van der Waals surface area contributed by atoms with Gasteiger partial charge in [-0.2, -0.15) is 8.78 Å². The number of nitrogens with zero attached hydrogens (tertiary/aromatic N) is 1. The summed E-state index contributed by atoms with van der Waals surface area (Å²) >= 11 is 0. The first-order valence-corrected chi connectivity index (χ1v) is 11.8. The van der Waals surface area contributed by atoms with Gasteiger partial charge >= 0.3 is 6.61 Å². The van der Waals surface area contributed by atoms with Crippen molar-refractivity contribution in [2.75, 3.05) is 24.4 Å².